The Balaban J connectivity index is 1.60. The highest BCUT2D eigenvalue weighted by Crippen LogP contribution is 2.47. The van der Waals surface area contributed by atoms with Gasteiger partial charge in [0.1, 0.15) is 0 Å². The van der Waals surface area contributed by atoms with Gasteiger partial charge >= 0.3 is 0 Å². The molecule has 3 aromatic rings. The number of fused-ring (bicyclic) bond motifs is 1. The van der Waals surface area contributed by atoms with Crippen LogP contribution >= 0.6 is 23.2 Å². The van der Waals surface area contributed by atoms with Crippen LogP contribution in [0.2, 0.25) is 10.0 Å². The van der Waals surface area contributed by atoms with Crippen LogP contribution in [0.15, 0.2) is 72.8 Å². The molecule has 2 aliphatic rings. The number of hydroxylamine groups is 1. The first-order chi connectivity index (χ1) is 19.6. The van der Waals surface area contributed by atoms with E-state index in [1.54, 1.807) is 47.4 Å². The van der Waals surface area contributed by atoms with Crippen molar-refractivity contribution in [3.8, 4) is 0 Å². The molecule has 1 heterocycles. The lowest BCUT2D eigenvalue weighted by Gasteiger charge is -2.49. The fraction of sp³-hybridized carbons (Fsp3) is 0.333. The van der Waals surface area contributed by atoms with Crippen LogP contribution in [0.5, 0.6) is 0 Å². The Morgan fingerprint density at radius 1 is 0.976 bits per heavy atom. The van der Waals surface area contributed by atoms with Gasteiger partial charge in [0.15, 0.2) is 0 Å². The average molecular weight is 617 g/mol. The van der Waals surface area contributed by atoms with E-state index in [1.165, 1.54) is 0 Å². The summed E-state index contributed by atoms with van der Waals surface area (Å²) in [6.45, 7) is 0.152. The fourth-order valence-corrected chi connectivity index (χ4v) is 7.30. The van der Waals surface area contributed by atoms with Gasteiger partial charge in [-0.3, -0.25) is 14.4 Å². The molecule has 1 aliphatic heterocycles. The normalized spacial score (nSPS) is 22.7. The van der Waals surface area contributed by atoms with Gasteiger partial charge in [-0.15, -0.1) is 0 Å². The van der Waals surface area contributed by atoms with E-state index in [0.29, 0.717) is 39.6 Å². The second kappa shape index (κ2) is 12.5. The molecule has 0 aromatic heterocycles. The Morgan fingerprint density at radius 2 is 1.68 bits per heavy atom. The third kappa shape index (κ3) is 6.60. The van der Waals surface area contributed by atoms with E-state index < -0.39 is 40.0 Å². The maximum atomic E-state index is 14.3. The van der Waals surface area contributed by atoms with Crippen LogP contribution in [0, 0.1) is 0 Å². The van der Waals surface area contributed by atoms with Crippen molar-refractivity contribution >= 4 is 45.0 Å². The van der Waals surface area contributed by atoms with Crippen molar-refractivity contribution in [2.75, 3.05) is 6.26 Å². The zero-order chi connectivity index (χ0) is 29.1. The molecule has 4 atom stereocenters. The van der Waals surface area contributed by atoms with E-state index in [9.17, 15) is 18.0 Å². The highest BCUT2D eigenvalue weighted by Gasteiger charge is 2.49. The van der Waals surface area contributed by atoms with Gasteiger partial charge in [-0.05, 0) is 47.7 Å². The number of hydrogen-bond donors (Lipinski definition) is 2. The number of carbonyl (C=O) groups is 2. The van der Waals surface area contributed by atoms with Gasteiger partial charge in [0, 0.05) is 27.7 Å². The Labute approximate surface area is 250 Å². The quantitative estimate of drug-likeness (QED) is 0.331. The van der Waals surface area contributed by atoms with Gasteiger partial charge < -0.3 is 4.90 Å². The van der Waals surface area contributed by atoms with E-state index >= 15 is 0 Å². The predicted octanol–water partition coefficient (Wildman–Crippen LogP) is 5.38. The monoisotopic (exact) mass is 615 g/mol. The molecule has 0 saturated heterocycles. The topological polar surface area (TPSA) is 105 Å². The number of carbonyl (C=O) groups excluding carboxylic acids is 2. The number of halogens is 2. The fourth-order valence-electron chi connectivity index (χ4n) is 5.96. The number of nitrogens with zero attached hydrogens (tertiary/aromatic N) is 1. The van der Waals surface area contributed by atoms with Crippen LogP contribution in [0.25, 0.3) is 0 Å². The standard InChI is InChI=1S/C30H31Cl2N3O5S/c1-41(38,39)34-25-13-7-8-14-26(25)35-28(23-16-15-20(31)17-24(23)32)27(21-11-5-6-12-22(21)30(35)37)29(36)33-40-18-19-9-3-2-4-10-19/h2-6,9-12,15-17,25-28,34H,7-8,13-14,18H2,1H3,(H,33,36). The second-order valence-corrected chi connectivity index (χ2v) is 13.1. The molecule has 1 aliphatic carbocycles. The van der Waals surface area contributed by atoms with Crippen molar-refractivity contribution in [1.82, 2.24) is 15.1 Å². The zero-order valence-corrected chi connectivity index (χ0v) is 24.8. The predicted molar refractivity (Wildman–Crippen MR) is 158 cm³/mol. The van der Waals surface area contributed by atoms with Crippen LogP contribution in [0.4, 0.5) is 0 Å². The Morgan fingerprint density at radius 3 is 2.41 bits per heavy atom. The van der Waals surface area contributed by atoms with Crippen molar-refractivity contribution in [2.24, 2.45) is 0 Å². The molecule has 3 aromatic carbocycles. The molecule has 2 amide bonds. The lowest BCUT2D eigenvalue weighted by molar-refractivity contribution is -0.138. The van der Waals surface area contributed by atoms with E-state index in [2.05, 4.69) is 10.2 Å². The number of hydrogen-bond acceptors (Lipinski definition) is 5. The third-order valence-electron chi connectivity index (χ3n) is 7.65. The van der Waals surface area contributed by atoms with Gasteiger partial charge in [0.2, 0.25) is 10.0 Å². The summed E-state index contributed by atoms with van der Waals surface area (Å²) in [5, 5.41) is 0.709. The molecule has 216 valence electrons. The molecule has 2 N–H and O–H groups in total. The minimum Gasteiger partial charge on any atom is -0.326 e. The summed E-state index contributed by atoms with van der Waals surface area (Å²) >= 11 is 13.0. The Hall–Kier alpha value is -2.95. The van der Waals surface area contributed by atoms with Crippen molar-refractivity contribution in [2.45, 2.75) is 56.3 Å². The third-order valence-corrected chi connectivity index (χ3v) is 8.94. The van der Waals surface area contributed by atoms with Gasteiger partial charge in [-0.25, -0.2) is 18.6 Å². The van der Waals surface area contributed by atoms with Crippen LogP contribution in [0.3, 0.4) is 0 Å². The summed E-state index contributed by atoms with van der Waals surface area (Å²) in [7, 11) is -3.57. The molecule has 0 spiro atoms. The highest BCUT2D eigenvalue weighted by molar-refractivity contribution is 7.88. The minimum absolute atomic E-state index is 0.152. The maximum absolute atomic E-state index is 14.3. The van der Waals surface area contributed by atoms with E-state index in [1.807, 2.05) is 30.3 Å². The summed E-state index contributed by atoms with van der Waals surface area (Å²) in [4.78, 5) is 35.6. The molecule has 0 radical (unpaired) electrons. The van der Waals surface area contributed by atoms with Gasteiger partial charge in [0.05, 0.1) is 24.8 Å². The highest BCUT2D eigenvalue weighted by atomic mass is 35.5. The molecule has 5 rings (SSSR count). The molecule has 0 bridgehead atoms. The summed E-state index contributed by atoms with van der Waals surface area (Å²) in [6, 6.07) is 19.5. The molecule has 8 nitrogen and oxygen atoms in total. The first kappa shape index (κ1) is 29.5. The number of rotatable bonds is 8. The first-order valence-electron chi connectivity index (χ1n) is 13.4. The molecular weight excluding hydrogens is 585 g/mol. The Kier molecular flexibility index (Phi) is 9.01. The van der Waals surface area contributed by atoms with E-state index in [4.69, 9.17) is 28.0 Å². The van der Waals surface area contributed by atoms with Crippen molar-refractivity contribution in [1.29, 1.82) is 0 Å². The zero-order valence-electron chi connectivity index (χ0n) is 22.4. The van der Waals surface area contributed by atoms with Crippen molar-refractivity contribution in [3.05, 3.63) is 105 Å². The summed E-state index contributed by atoms with van der Waals surface area (Å²) in [5.74, 6) is -1.65. The molecule has 1 fully saturated rings. The average Bonchev–Trinajstić information content (AvgIpc) is 2.93. The Bertz CT molecular complexity index is 1540. The molecule has 1 saturated carbocycles. The smallest absolute Gasteiger partial charge is 0.255 e. The maximum Gasteiger partial charge on any atom is 0.255 e. The van der Waals surface area contributed by atoms with Crippen molar-refractivity contribution < 1.29 is 22.8 Å². The largest absolute Gasteiger partial charge is 0.326 e. The number of amides is 2. The van der Waals surface area contributed by atoms with Crippen LogP contribution in [-0.2, 0) is 26.3 Å². The van der Waals surface area contributed by atoms with Crippen LogP contribution < -0.4 is 10.2 Å². The summed E-state index contributed by atoms with van der Waals surface area (Å²) < 4.78 is 27.4. The van der Waals surface area contributed by atoms with Gasteiger partial charge in [-0.1, -0.05) is 90.6 Å². The molecule has 4 unspecified atom stereocenters. The van der Waals surface area contributed by atoms with Gasteiger partial charge in [-0.2, -0.15) is 0 Å². The number of sulfonamides is 1. The molecular formula is C30H31Cl2N3O5S. The summed E-state index contributed by atoms with van der Waals surface area (Å²) in [6.07, 6.45) is 3.84. The minimum atomic E-state index is -3.57. The van der Waals surface area contributed by atoms with Gasteiger partial charge in [0.25, 0.3) is 11.8 Å². The molecule has 41 heavy (non-hydrogen) atoms. The lowest BCUT2D eigenvalue weighted by atomic mass is 9.76. The van der Waals surface area contributed by atoms with E-state index in [0.717, 1.165) is 24.7 Å². The van der Waals surface area contributed by atoms with Crippen molar-refractivity contribution in [3.63, 3.8) is 0 Å². The second-order valence-electron chi connectivity index (χ2n) is 10.5. The number of nitrogens with one attached hydrogen (secondary N) is 2. The lowest BCUT2D eigenvalue weighted by Crippen LogP contribution is -2.59. The van der Waals surface area contributed by atoms with E-state index in [-0.39, 0.29) is 12.5 Å². The first-order valence-corrected chi connectivity index (χ1v) is 16.1. The SMILES string of the molecule is CS(=O)(=O)NC1CCCCC1N1C(=O)c2ccccc2C(C(=O)NOCc2ccccc2)C1c1ccc(Cl)cc1Cl. The number of benzene rings is 3. The molecule has 11 heteroatoms. The summed E-state index contributed by atoms with van der Waals surface area (Å²) in [5.41, 5.74) is 4.93. The van der Waals surface area contributed by atoms with Crippen LogP contribution in [-0.4, -0.2) is 43.5 Å². The van der Waals surface area contributed by atoms with Crippen LogP contribution in [0.1, 0.15) is 64.7 Å².